The number of amidine groups is 1. The van der Waals surface area contributed by atoms with E-state index in [-0.39, 0.29) is 6.67 Å². The second-order valence-corrected chi connectivity index (χ2v) is 8.88. The maximum Gasteiger partial charge on any atom is 0.275 e. The molecule has 1 saturated heterocycles. The lowest BCUT2D eigenvalue weighted by atomic mass is 9.94. The standard InChI is InChI=1S/C19H23IN6O6/c1-31-25-17(30)13(29)14-11(27)12(28)18(32-14)26-8-23-15-16(26)22-7-24-19(15,21)6-9-3-2-4-10(20)5-9/h2-5,7,11-14,18,27-29H,6,8,21H2,1H3,(H,25,30)/t11-,12+,13?,14-,18+,19?/m0/s1. The minimum atomic E-state index is -1.77. The van der Waals surface area contributed by atoms with Gasteiger partial charge in [-0.1, -0.05) is 12.1 Å². The van der Waals surface area contributed by atoms with Crippen molar-refractivity contribution in [3.63, 3.8) is 0 Å². The van der Waals surface area contributed by atoms with E-state index < -0.39 is 42.2 Å². The molecule has 1 aromatic carbocycles. The highest BCUT2D eigenvalue weighted by atomic mass is 127. The molecule has 3 aliphatic rings. The Bertz CT molecular complexity index is 989. The molecule has 6 atom stereocenters. The lowest BCUT2D eigenvalue weighted by Crippen LogP contribution is -2.56. The van der Waals surface area contributed by atoms with E-state index >= 15 is 0 Å². The Hall–Kier alpha value is -2.01. The smallest absolute Gasteiger partial charge is 0.275 e. The van der Waals surface area contributed by atoms with Crippen molar-refractivity contribution in [2.45, 2.75) is 42.7 Å². The molecule has 0 aromatic heterocycles. The molecule has 0 spiro atoms. The highest BCUT2D eigenvalue weighted by Gasteiger charge is 2.53. The number of nitrogens with one attached hydrogen (secondary N) is 1. The number of fused-ring (bicyclic) bond motifs is 1. The summed E-state index contributed by atoms with van der Waals surface area (Å²) in [5.74, 6) is -0.566. The average molecular weight is 558 g/mol. The molecule has 172 valence electrons. The molecule has 4 rings (SSSR count). The molecule has 0 saturated carbocycles. The van der Waals surface area contributed by atoms with Gasteiger partial charge in [-0.15, -0.1) is 0 Å². The molecular formula is C19H23IN6O6. The van der Waals surface area contributed by atoms with Crippen molar-refractivity contribution in [1.82, 2.24) is 10.4 Å². The van der Waals surface area contributed by atoms with Crippen LogP contribution in [-0.2, 0) is 20.8 Å². The van der Waals surface area contributed by atoms with Crippen molar-refractivity contribution < 1.29 is 29.7 Å². The van der Waals surface area contributed by atoms with Crippen LogP contribution in [0.2, 0.25) is 0 Å². The van der Waals surface area contributed by atoms with Crippen molar-refractivity contribution in [3.8, 4) is 0 Å². The Morgan fingerprint density at radius 3 is 2.97 bits per heavy atom. The van der Waals surface area contributed by atoms with E-state index in [1.54, 1.807) is 0 Å². The Labute approximate surface area is 196 Å². The van der Waals surface area contributed by atoms with Crippen LogP contribution in [0.25, 0.3) is 0 Å². The number of aliphatic hydroxyl groups is 3. The van der Waals surface area contributed by atoms with Crippen LogP contribution in [0.4, 0.5) is 0 Å². The van der Waals surface area contributed by atoms with Crippen LogP contribution in [-0.4, -0.2) is 94.1 Å². The van der Waals surface area contributed by atoms with Crippen molar-refractivity contribution in [3.05, 3.63) is 33.4 Å². The monoisotopic (exact) mass is 558 g/mol. The summed E-state index contributed by atoms with van der Waals surface area (Å²) in [6.07, 6.45) is -5.54. The molecule has 0 aliphatic carbocycles. The van der Waals surface area contributed by atoms with Crippen LogP contribution in [0.1, 0.15) is 5.56 Å². The van der Waals surface area contributed by atoms with Gasteiger partial charge in [0.1, 0.15) is 37.0 Å². The van der Waals surface area contributed by atoms with Gasteiger partial charge in [0.15, 0.2) is 23.8 Å². The number of benzene rings is 1. The van der Waals surface area contributed by atoms with Gasteiger partial charge in [-0.3, -0.25) is 14.6 Å². The van der Waals surface area contributed by atoms with Gasteiger partial charge in [0, 0.05) is 9.99 Å². The van der Waals surface area contributed by atoms with Gasteiger partial charge in [-0.05, 0) is 40.3 Å². The molecule has 2 unspecified atom stereocenters. The van der Waals surface area contributed by atoms with E-state index in [0.29, 0.717) is 18.0 Å². The normalized spacial score (nSPS) is 32.4. The van der Waals surface area contributed by atoms with E-state index in [0.717, 1.165) is 9.13 Å². The summed E-state index contributed by atoms with van der Waals surface area (Å²) in [5.41, 5.74) is 8.79. The predicted molar refractivity (Wildman–Crippen MR) is 122 cm³/mol. The topological polar surface area (TPSA) is 175 Å². The summed E-state index contributed by atoms with van der Waals surface area (Å²) >= 11 is 2.22. The van der Waals surface area contributed by atoms with Crippen molar-refractivity contribution in [2.75, 3.05) is 13.8 Å². The second-order valence-electron chi connectivity index (χ2n) is 7.63. The van der Waals surface area contributed by atoms with Crippen LogP contribution in [0.3, 0.4) is 0 Å². The van der Waals surface area contributed by atoms with E-state index in [1.165, 1.54) is 18.3 Å². The first-order valence-corrected chi connectivity index (χ1v) is 10.8. The summed E-state index contributed by atoms with van der Waals surface area (Å²) in [7, 11) is 1.20. The van der Waals surface area contributed by atoms with Gasteiger partial charge in [0.05, 0.1) is 7.11 Å². The Kier molecular flexibility index (Phi) is 6.58. The molecule has 1 amide bonds. The molecule has 1 aromatic rings. The first-order valence-electron chi connectivity index (χ1n) is 9.74. The summed E-state index contributed by atoms with van der Waals surface area (Å²) in [5, 5.41) is 31.1. The number of carbonyl (C=O) groups excluding carboxylic acids is 1. The number of amides is 1. The van der Waals surface area contributed by atoms with E-state index in [1.807, 2.05) is 29.7 Å². The summed E-state index contributed by atoms with van der Waals surface area (Å²) in [6.45, 7) is 0.0460. The minimum Gasteiger partial charge on any atom is -0.387 e. The summed E-state index contributed by atoms with van der Waals surface area (Å²) < 4.78 is 6.73. The van der Waals surface area contributed by atoms with Crippen molar-refractivity contribution in [2.24, 2.45) is 20.7 Å². The zero-order valence-electron chi connectivity index (χ0n) is 17.0. The molecule has 1 fully saturated rings. The number of nitrogens with two attached hydrogens (primary N) is 1. The Morgan fingerprint density at radius 2 is 2.25 bits per heavy atom. The summed E-state index contributed by atoms with van der Waals surface area (Å²) in [4.78, 5) is 31.0. The fourth-order valence-electron chi connectivity index (χ4n) is 3.94. The van der Waals surface area contributed by atoms with Gasteiger partial charge in [-0.25, -0.2) is 15.5 Å². The van der Waals surface area contributed by atoms with Crippen LogP contribution in [0.5, 0.6) is 0 Å². The number of nitrogens with zero attached hydrogens (tertiary/aromatic N) is 4. The first-order chi connectivity index (χ1) is 15.2. The van der Waals surface area contributed by atoms with Crippen LogP contribution in [0.15, 0.2) is 39.2 Å². The van der Waals surface area contributed by atoms with Crippen LogP contribution in [0, 0.1) is 3.57 Å². The first kappa shape index (κ1) is 23.2. The zero-order valence-corrected chi connectivity index (χ0v) is 19.2. The van der Waals surface area contributed by atoms with E-state index in [4.69, 9.17) is 10.5 Å². The lowest BCUT2D eigenvalue weighted by molar-refractivity contribution is -0.154. The number of halogens is 1. The molecule has 6 N–H and O–H groups in total. The highest BCUT2D eigenvalue weighted by molar-refractivity contribution is 14.1. The highest BCUT2D eigenvalue weighted by Crippen LogP contribution is 2.31. The number of hydrogen-bond donors (Lipinski definition) is 5. The number of aliphatic hydroxyl groups excluding tert-OH is 3. The van der Waals surface area contributed by atoms with Gasteiger partial charge >= 0.3 is 0 Å². The number of ether oxygens (including phenoxy) is 1. The molecular weight excluding hydrogens is 535 g/mol. The molecule has 13 heteroatoms. The lowest BCUT2D eigenvalue weighted by Gasteiger charge is -2.32. The van der Waals surface area contributed by atoms with Gasteiger partial charge in [0.2, 0.25) is 0 Å². The number of aliphatic imine (C=N–C) groups is 3. The SMILES string of the molecule is CONC(=O)C(O)[C@H]1O[C@@H](N2CN=C3C2=NC=NC3(N)Cc2cccc(I)c2)[C@H](O)[C@@H]1O. The van der Waals surface area contributed by atoms with Crippen molar-refractivity contribution in [1.29, 1.82) is 0 Å². The predicted octanol–water partition coefficient (Wildman–Crippen LogP) is -1.87. The molecule has 32 heavy (non-hydrogen) atoms. The van der Waals surface area contributed by atoms with Gasteiger partial charge < -0.3 is 30.7 Å². The molecule has 0 bridgehead atoms. The number of rotatable bonds is 6. The van der Waals surface area contributed by atoms with E-state index in [2.05, 4.69) is 42.4 Å². The fraction of sp³-hybridized carbons (Fsp3) is 0.474. The largest absolute Gasteiger partial charge is 0.387 e. The maximum absolute atomic E-state index is 11.9. The quantitative estimate of drug-likeness (QED) is 0.199. The molecule has 12 nitrogen and oxygen atoms in total. The fourth-order valence-corrected chi connectivity index (χ4v) is 4.54. The number of carbonyl (C=O) groups is 1. The number of hydrogen-bond acceptors (Lipinski definition) is 11. The van der Waals surface area contributed by atoms with Gasteiger partial charge in [0.25, 0.3) is 5.91 Å². The third-order valence-corrected chi connectivity index (χ3v) is 6.14. The Morgan fingerprint density at radius 1 is 1.47 bits per heavy atom. The zero-order chi connectivity index (χ0) is 23.0. The third-order valence-electron chi connectivity index (χ3n) is 5.47. The van der Waals surface area contributed by atoms with Crippen LogP contribution >= 0.6 is 22.6 Å². The van der Waals surface area contributed by atoms with Gasteiger partial charge in [-0.2, -0.15) is 0 Å². The van der Waals surface area contributed by atoms with Crippen molar-refractivity contribution >= 4 is 46.4 Å². The Balaban J connectivity index is 1.52. The minimum absolute atomic E-state index is 0.0460. The average Bonchev–Trinajstić information content (AvgIpc) is 3.30. The molecule has 3 heterocycles. The maximum atomic E-state index is 11.9. The second kappa shape index (κ2) is 9.09. The third kappa shape index (κ3) is 4.16. The van der Waals surface area contributed by atoms with E-state index in [9.17, 15) is 20.1 Å². The van der Waals surface area contributed by atoms with Crippen LogP contribution < -0.4 is 11.2 Å². The summed E-state index contributed by atoms with van der Waals surface area (Å²) in [6, 6.07) is 7.85. The number of hydroxylamine groups is 1. The molecule has 0 radical (unpaired) electrons. The molecule has 3 aliphatic heterocycles.